The van der Waals surface area contributed by atoms with Crippen LogP contribution in [-0.4, -0.2) is 11.1 Å². The third kappa shape index (κ3) is 1.42. The molecule has 0 spiro atoms. The molecule has 0 radical (unpaired) electrons. The van der Waals surface area contributed by atoms with Gasteiger partial charge in [0.15, 0.2) is 0 Å². The summed E-state index contributed by atoms with van der Waals surface area (Å²) in [5, 5.41) is 1.35. The standard InChI is InChI=1S/C12H16N2/c1-9-8-14(2)12-4-3-10(5-6-13)7-11(9)12/h3-4,7-8H,5-6,13H2,1-2H3. The molecule has 1 aromatic heterocycles. The van der Waals surface area contributed by atoms with E-state index in [9.17, 15) is 0 Å². The number of aryl methyl sites for hydroxylation is 2. The van der Waals surface area contributed by atoms with Gasteiger partial charge in [-0.25, -0.2) is 0 Å². The average Bonchev–Trinajstić information content (AvgIpc) is 2.43. The largest absolute Gasteiger partial charge is 0.350 e. The summed E-state index contributed by atoms with van der Waals surface area (Å²) < 4.78 is 2.16. The topological polar surface area (TPSA) is 30.9 Å². The van der Waals surface area contributed by atoms with Crippen LogP contribution < -0.4 is 5.73 Å². The van der Waals surface area contributed by atoms with E-state index in [1.807, 2.05) is 0 Å². The molecule has 0 aliphatic carbocycles. The zero-order chi connectivity index (χ0) is 10.1. The number of benzene rings is 1. The zero-order valence-corrected chi connectivity index (χ0v) is 8.75. The van der Waals surface area contributed by atoms with Gasteiger partial charge in [0, 0.05) is 24.1 Å². The SMILES string of the molecule is Cc1cn(C)c2ccc(CCN)cc12. The molecule has 0 bridgehead atoms. The number of fused-ring (bicyclic) bond motifs is 1. The molecule has 2 rings (SSSR count). The molecule has 0 saturated heterocycles. The molecule has 74 valence electrons. The van der Waals surface area contributed by atoms with E-state index in [4.69, 9.17) is 5.73 Å². The van der Waals surface area contributed by atoms with Crippen molar-refractivity contribution in [2.24, 2.45) is 12.8 Å². The number of nitrogens with zero attached hydrogens (tertiary/aromatic N) is 1. The summed E-state index contributed by atoms with van der Waals surface area (Å²) in [6.45, 7) is 2.87. The fourth-order valence-corrected chi connectivity index (χ4v) is 1.96. The van der Waals surface area contributed by atoms with Gasteiger partial charge in [0.1, 0.15) is 0 Å². The van der Waals surface area contributed by atoms with Crippen molar-refractivity contribution in [2.45, 2.75) is 13.3 Å². The van der Waals surface area contributed by atoms with E-state index in [2.05, 4.69) is 42.9 Å². The Labute approximate surface area is 84.3 Å². The molecule has 14 heavy (non-hydrogen) atoms. The summed E-state index contributed by atoms with van der Waals surface area (Å²) in [4.78, 5) is 0. The van der Waals surface area contributed by atoms with Crippen molar-refractivity contribution in [1.29, 1.82) is 0 Å². The molecular formula is C12H16N2. The molecule has 0 amide bonds. The average molecular weight is 188 g/mol. The fourth-order valence-electron chi connectivity index (χ4n) is 1.96. The molecule has 2 N–H and O–H groups in total. The van der Waals surface area contributed by atoms with Gasteiger partial charge in [-0.2, -0.15) is 0 Å². The second-order valence-corrected chi connectivity index (χ2v) is 3.81. The van der Waals surface area contributed by atoms with Gasteiger partial charge in [0.2, 0.25) is 0 Å². The second-order valence-electron chi connectivity index (χ2n) is 3.81. The van der Waals surface area contributed by atoms with E-state index in [-0.39, 0.29) is 0 Å². The lowest BCUT2D eigenvalue weighted by Crippen LogP contribution is -2.02. The number of aromatic nitrogens is 1. The molecule has 2 nitrogen and oxygen atoms in total. The van der Waals surface area contributed by atoms with E-state index >= 15 is 0 Å². The number of rotatable bonds is 2. The van der Waals surface area contributed by atoms with E-state index in [1.54, 1.807) is 0 Å². The van der Waals surface area contributed by atoms with Gasteiger partial charge in [-0.3, -0.25) is 0 Å². The Morgan fingerprint density at radius 1 is 1.36 bits per heavy atom. The summed E-state index contributed by atoms with van der Waals surface area (Å²) in [6, 6.07) is 6.58. The predicted molar refractivity (Wildman–Crippen MR) is 60.4 cm³/mol. The van der Waals surface area contributed by atoms with Crippen LogP contribution in [0.15, 0.2) is 24.4 Å². The molecule has 0 saturated carbocycles. The van der Waals surface area contributed by atoms with Crippen molar-refractivity contribution in [3.8, 4) is 0 Å². The molecule has 1 heterocycles. The quantitative estimate of drug-likeness (QED) is 0.767. The Hall–Kier alpha value is -1.28. The van der Waals surface area contributed by atoms with Crippen molar-refractivity contribution in [3.05, 3.63) is 35.5 Å². The smallest absolute Gasteiger partial charge is 0.0480 e. The highest BCUT2D eigenvalue weighted by Gasteiger charge is 2.03. The van der Waals surface area contributed by atoms with Gasteiger partial charge >= 0.3 is 0 Å². The van der Waals surface area contributed by atoms with Crippen LogP contribution in [0, 0.1) is 6.92 Å². The molecule has 0 fully saturated rings. The number of nitrogens with two attached hydrogens (primary N) is 1. The third-order valence-corrected chi connectivity index (χ3v) is 2.69. The van der Waals surface area contributed by atoms with Crippen molar-refractivity contribution >= 4 is 10.9 Å². The first-order valence-electron chi connectivity index (χ1n) is 4.97. The van der Waals surface area contributed by atoms with Gasteiger partial charge < -0.3 is 10.3 Å². The maximum atomic E-state index is 5.54. The lowest BCUT2D eigenvalue weighted by molar-refractivity contribution is 0.958. The van der Waals surface area contributed by atoms with E-state index < -0.39 is 0 Å². The van der Waals surface area contributed by atoms with Gasteiger partial charge in [0.05, 0.1) is 0 Å². The van der Waals surface area contributed by atoms with Crippen LogP contribution in [0.1, 0.15) is 11.1 Å². The highest BCUT2D eigenvalue weighted by atomic mass is 14.9. The molecule has 0 atom stereocenters. The van der Waals surface area contributed by atoms with Crippen molar-refractivity contribution in [3.63, 3.8) is 0 Å². The Morgan fingerprint density at radius 2 is 2.14 bits per heavy atom. The Morgan fingerprint density at radius 3 is 2.86 bits per heavy atom. The number of hydrogen-bond acceptors (Lipinski definition) is 1. The maximum Gasteiger partial charge on any atom is 0.0480 e. The molecule has 2 aromatic rings. The van der Waals surface area contributed by atoms with Crippen LogP contribution in [0.2, 0.25) is 0 Å². The van der Waals surface area contributed by atoms with Crippen LogP contribution in [0.25, 0.3) is 10.9 Å². The van der Waals surface area contributed by atoms with Gasteiger partial charge in [0.25, 0.3) is 0 Å². The first-order valence-corrected chi connectivity index (χ1v) is 4.97. The van der Waals surface area contributed by atoms with Gasteiger partial charge in [-0.15, -0.1) is 0 Å². The maximum absolute atomic E-state index is 5.54. The van der Waals surface area contributed by atoms with Crippen LogP contribution >= 0.6 is 0 Å². The van der Waals surface area contributed by atoms with Crippen LogP contribution in [-0.2, 0) is 13.5 Å². The summed E-state index contributed by atoms with van der Waals surface area (Å²) in [5.74, 6) is 0. The summed E-state index contributed by atoms with van der Waals surface area (Å²) in [7, 11) is 2.08. The van der Waals surface area contributed by atoms with Crippen molar-refractivity contribution < 1.29 is 0 Å². The van der Waals surface area contributed by atoms with Gasteiger partial charge in [-0.1, -0.05) is 6.07 Å². The number of hydrogen-bond donors (Lipinski definition) is 1. The highest BCUT2D eigenvalue weighted by molar-refractivity contribution is 5.84. The van der Waals surface area contributed by atoms with Crippen LogP contribution in [0.4, 0.5) is 0 Å². The lowest BCUT2D eigenvalue weighted by Gasteiger charge is -2.00. The molecular weight excluding hydrogens is 172 g/mol. The normalized spacial score (nSPS) is 11.1. The van der Waals surface area contributed by atoms with Crippen molar-refractivity contribution in [2.75, 3.05) is 6.54 Å². The monoisotopic (exact) mass is 188 g/mol. The predicted octanol–water partition coefficient (Wildman–Crippen LogP) is 1.99. The molecule has 0 aliphatic rings. The minimum absolute atomic E-state index is 0.720. The van der Waals surface area contributed by atoms with Gasteiger partial charge in [-0.05, 0) is 43.1 Å². The van der Waals surface area contributed by atoms with E-state index in [0.29, 0.717) is 0 Å². The van der Waals surface area contributed by atoms with E-state index in [1.165, 1.54) is 22.0 Å². The molecule has 1 aromatic carbocycles. The molecule has 0 aliphatic heterocycles. The van der Waals surface area contributed by atoms with Crippen LogP contribution in [0.5, 0.6) is 0 Å². The first-order chi connectivity index (χ1) is 6.72. The Balaban J connectivity index is 2.59. The zero-order valence-electron chi connectivity index (χ0n) is 8.75. The van der Waals surface area contributed by atoms with Crippen LogP contribution in [0.3, 0.4) is 0 Å². The molecule has 2 heteroatoms. The summed E-state index contributed by atoms with van der Waals surface area (Å²) in [5.41, 5.74) is 9.50. The fraction of sp³-hybridized carbons (Fsp3) is 0.333. The summed E-state index contributed by atoms with van der Waals surface area (Å²) in [6.07, 6.45) is 3.13. The highest BCUT2D eigenvalue weighted by Crippen LogP contribution is 2.21. The van der Waals surface area contributed by atoms with Crippen molar-refractivity contribution in [1.82, 2.24) is 4.57 Å². The van der Waals surface area contributed by atoms with E-state index in [0.717, 1.165) is 13.0 Å². The lowest BCUT2D eigenvalue weighted by atomic mass is 10.1. The first kappa shape index (κ1) is 9.28. The minimum atomic E-state index is 0.720. The summed E-state index contributed by atoms with van der Waals surface area (Å²) >= 11 is 0. The Kier molecular flexibility index (Phi) is 2.30. The minimum Gasteiger partial charge on any atom is -0.350 e. The third-order valence-electron chi connectivity index (χ3n) is 2.69. The Bertz CT molecular complexity index is 455. The second kappa shape index (κ2) is 3.46. The molecule has 0 unspecified atom stereocenters.